The number of benzene rings is 4. The Morgan fingerprint density at radius 2 is 0.652 bits per heavy atom. The quantitative estimate of drug-likeness (QED) is 0.0342. The molecule has 9 N–H and O–H groups in total. The van der Waals surface area contributed by atoms with Crippen LogP contribution in [0.3, 0.4) is 0 Å². The predicted octanol–water partition coefficient (Wildman–Crippen LogP) is 19.5. The molecule has 4 saturated carbocycles. The van der Waals surface area contributed by atoms with Crippen LogP contribution in [0.2, 0.25) is 0 Å². The Kier molecular flexibility index (Phi) is 21.9. The number of hydrogen-bond donors (Lipinski definition) is 9. The molecule has 19 aromatic rings. The molecule has 680 valence electrons. The summed E-state index contributed by atoms with van der Waals surface area (Å²) in [7, 11) is 0. The maximum Gasteiger partial charge on any atom is 0.201 e. The number of nitrogens with one attached hydrogen (secondary N) is 5. The first-order chi connectivity index (χ1) is 65.2. The Hall–Kier alpha value is -14.8. The molecule has 1 saturated heterocycles. The van der Waals surface area contributed by atoms with Crippen molar-refractivity contribution in [2.45, 2.75) is 198 Å². The Bertz CT molecular complexity index is 7380. The van der Waals surface area contributed by atoms with Crippen molar-refractivity contribution in [3.8, 4) is 44.5 Å². The Balaban J connectivity index is 0.000000108. The van der Waals surface area contributed by atoms with Crippen molar-refractivity contribution in [1.82, 2.24) is 95.4 Å². The average Bonchev–Trinajstić information content (AvgIpc) is 1.57. The van der Waals surface area contributed by atoms with Gasteiger partial charge in [0.05, 0.1) is 118 Å². The molecular weight excluding hydrogens is 1700 g/mol. The van der Waals surface area contributed by atoms with Crippen molar-refractivity contribution in [2.75, 3.05) is 5.32 Å². The molecule has 29 heteroatoms. The van der Waals surface area contributed by atoms with Crippen LogP contribution in [-0.2, 0) is 32.6 Å². The normalized spacial score (nSPS) is 15.9. The first-order valence-corrected chi connectivity index (χ1v) is 45.9. The number of pyridine rings is 7. The molecule has 4 aromatic carbocycles. The van der Waals surface area contributed by atoms with E-state index in [-0.39, 0.29) is 11.0 Å². The summed E-state index contributed by atoms with van der Waals surface area (Å²) in [6, 6.07) is 55.2. The molecule has 2 unspecified atom stereocenters. The SMILES string of the molecule is Cc1noc(C)c1-c1cc(C(O)(c2ccccn2)C2CCC3(CC3)O2)c2nc(C3CC3)[nH]c2c1.Cc1noc(C)c1-c1cc(C(O)(c2ccccn2)c2ccccn2)c2nc(C(C)(C)C)[nH]c2c1.Cc1noc(C)c1-c1cc(C(O)(c2ccccn2)c2ccccn2)c2nc(C3CC3)[nH]c2c1.Cc1noc(C)c1-c1cc(C(O)(c2ccccn2)c2ccccn2)c2nc(NC3CC3)[nH]c2c1. The lowest BCUT2D eigenvalue weighted by atomic mass is 9.81. The number of rotatable bonds is 20. The zero-order valence-corrected chi connectivity index (χ0v) is 76.7. The molecule has 15 aromatic heterocycles. The summed E-state index contributed by atoms with van der Waals surface area (Å²) < 4.78 is 28.4. The summed E-state index contributed by atoms with van der Waals surface area (Å²) in [5, 5.41) is 70.0. The van der Waals surface area contributed by atoms with E-state index in [4.69, 9.17) is 42.8 Å². The number of imidazole rings is 4. The van der Waals surface area contributed by atoms with Crippen molar-refractivity contribution in [3.05, 3.63) is 345 Å². The molecule has 0 radical (unpaired) electrons. The van der Waals surface area contributed by atoms with Crippen LogP contribution in [0.5, 0.6) is 0 Å². The van der Waals surface area contributed by atoms with Crippen LogP contribution in [0.4, 0.5) is 5.95 Å². The summed E-state index contributed by atoms with van der Waals surface area (Å²) >= 11 is 0. The Morgan fingerprint density at radius 1 is 0.341 bits per heavy atom. The van der Waals surface area contributed by atoms with Gasteiger partial charge in [-0.3, -0.25) is 34.9 Å². The van der Waals surface area contributed by atoms with Gasteiger partial charge in [-0.2, -0.15) is 0 Å². The van der Waals surface area contributed by atoms with Crippen LogP contribution in [0.25, 0.3) is 88.6 Å². The summed E-state index contributed by atoms with van der Waals surface area (Å²) in [5.41, 5.74) is 15.9. The lowest BCUT2D eigenvalue weighted by molar-refractivity contribution is -0.0934. The van der Waals surface area contributed by atoms with Crippen molar-refractivity contribution < 1.29 is 43.3 Å². The van der Waals surface area contributed by atoms with Gasteiger partial charge in [-0.1, -0.05) is 83.9 Å². The molecule has 2 atom stereocenters. The number of anilines is 1. The molecule has 5 fully saturated rings. The van der Waals surface area contributed by atoms with E-state index in [0.717, 1.165) is 194 Å². The third-order valence-corrected chi connectivity index (χ3v) is 26.6. The summed E-state index contributed by atoms with van der Waals surface area (Å²) in [4.78, 5) is 65.5. The first kappa shape index (κ1) is 86.9. The second kappa shape index (κ2) is 34.1. The van der Waals surface area contributed by atoms with E-state index >= 15 is 0 Å². The first-order valence-electron chi connectivity index (χ1n) is 45.9. The van der Waals surface area contributed by atoms with Gasteiger partial charge in [0.15, 0.2) is 22.4 Å². The fourth-order valence-electron chi connectivity index (χ4n) is 19.1. The number of aromatic amines is 4. The number of aryl methyl sites for hydroxylation is 8. The van der Waals surface area contributed by atoms with E-state index in [0.29, 0.717) is 108 Å². The number of aromatic nitrogens is 19. The van der Waals surface area contributed by atoms with Gasteiger partial charge >= 0.3 is 0 Å². The van der Waals surface area contributed by atoms with E-state index < -0.39 is 28.5 Å². The molecular formula is C106H102N20O9. The minimum absolute atomic E-state index is 0.0729. The van der Waals surface area contributed by atoms with E-state index in [1.54, 1.807) is 67.6 Å². The van der Waals surface area contributed by atoms with Gasteiger partial charge in [0, 0.05) is 111 Å². The largest absolute Gasteiger partial charge is 0.376 e. The highest BCUT2D eigenvalue weighted by molar-refractivity contribution is 5.92. The van der Waals surface area contributed by atoms with E-state index in [1.807, 2.05) is 195 Å². The lowest BCUT2D eigenvalue weighted by Gasteiger charge is -2.34. The van der Waals surface area contributed by atoms with Gasteiger partial charge in [0.25, 0.3) is 0 Å². The van der Waals surface area contributed by atoms with Crippen molar-refractivity contribution in [3.63, 3.8) is 0 Å². The van der Waals surface area contributed by atoms with E-state index in [9.17, 15) is 20.4 Å². The fourth-order valence-corrected chi connectivity index (χ4v) is 19.1. The monoisotopic (exact) mass is 1800 g/mol. The number of aliphatic hydroxyl groups is 4. The molecule has 1 aliphatic heterocycles. The van der Waals surface area contributed by atoms with Crippen molar-refractivity contribution in [1.29, 1.82) is 0 Å². The zero-order chi connectivity index (χ0) is 93.0. The Morgan fingerprint density at radius 3 is 0.948 bits per heavy atom. The fraction of sp³-hybridized carbons (Fsp3) is 0.292. The number of ether oxygens (including phenoxy) is 1. The standard InChI is InChI=1S/C27H27N5O2.C27H28N4O3.C26H24N6O2.C26H23N5O2/c1-16-23(17(2)34-32-16)18-14-19(24-20(15-18)30-25(31-24)26(3,4)5)27(33,21-10-6-8-12-28-21)22-11-7-9-13-29-22;1-15-23(16(2)34-31-15)18-13-19(24-20(14-18)29-25(30-24)17-6-7-17)27(32,21-5-3-4-12-28-21)22-8-9-26(33-22)10-11-26;1-15-23(16(2)34-32-15)17-13-19(24-20(14-17)30-25(31-24)29-18-9-10-18)26(33,21-7-3-5-11-27-21)22-8-4-6-12-28-22;1-15-23(16(2)33-31-15)18-13-19(24-20(14-18)29-25(30-24)17-9-10-17)26(32,21-7-3-5-11-27-21)22-8-4-6-12-28-22/h6-15,33H,1-5H3,(H,30,31);3-5,12-14,17,22,32H,6-11H2,1-2H3,(H,29,30);3-8,11-14,18,33H,9-10H2,1-2H3,(H2,29,30,31);3-8,11-14,17,32H,9-10H2,1-2H3,(H,29,30). The van der Waals surface area contributed by atoms with Crippen LogP contribution in [0.1, 0.15) is 222 Å². The molecule has 135 heavy (non-hydrogen) atoms. The minimum Gasteiger partial charge on any atom is -0.376 e. The molecule has 29 nitrogen and oxygen atoms in total. The van der Waals surface area contributed by atoms with Gasteiger partial charge < -0.3 is 68.5 Å². The van der Waals surface area contributed by atoms with E-state index in [1.165, 1.54) is 0 Å². The highest BCUT2D eigenvalue weighted by atomic mass is 16.5. The third kappa shape index (κ3) is 16.0. The molecule has 1 spiro atoms. The molecule has 0 amide bonds. The Labute approximate surface area is 776 Å². The smallest absolute Gasteiger partial charge is 0.201 e. The van der Waals surface area contributed by atoms with Gasteiger partial charge in [-0.25, -0.2) is 19.9 Å². The van der Waals surface area contributed by atoms with Gasteiger partial charge in [-0.05, 0) is 275 Å². The zero-order valence-electron chi connectivity index (χ0n) is 76.7. The van der Waals surface area contributed by atoms with Crippen LogP contribution < -0.4 is 5.32 Å². The maximum atomic E-state index is 12.7. The lowest BCUT2D eigenvalue weighted by Crippen LogP contribution is -2.42. The molecule has 0 bridgehead atoms. The van der Waals surface area contributed by atoms with Gasteiger partial charge in [0.2, 0.25) is 5.95 Å². The summed E-state index contributed by atoms with van der Waals surface area (Å²) in [6.45, 7) is 21.6. The summed E-state index contributed by atoms with van der Waals surface area (Å²) in [5.74, 6) is 7.22. The molecule has 5 aliphatic rings. The second-order valence-corrected chi connectivity index (χ2v) is 37.3. The van der Waals surface area contributed by atoms with E-state index in [2.05, 4.69) is 114 Å². The van der Waals surface area contributed by atoms with Crippen molar-refractivity contribution in [2.24, 2.45) is 0 Å². The van der Waals surface area contributed by atoms with Crippen LogP contribution in [0, 0.1) is 55.4 Å². The van der Waals surface area contributed by atoms with Crippen LogP contribution in [0.15, 0.2) is 237 Å². The topological polar surface area (TPSA) is 411 Å². The predicted molar refractivity (Wildman–Crippen MR) is 509 cm³/mol. The number of nitrogens with zero attached hydrogens (tertiary/aromatic N) is 15. The van der Waals surface area contributed by atoms with Gasteiger partial charge in [-0.15, -0.1) is 0 Å². The highest BCUT2D eigenvalue weighted by Gasteiger charge is 2.57. The number of H-pyrrole nitrogens is 4. The second-order valence-electron chi connectivity index (χ2n) is 37.3. The molecule has 4 aliphatic carbocycles. The molecule has 16 heterocycles. The third-order valence-electron chi connectivity index (χ3n) is 26.6. The van der Waals surface area contributed by atoms with Crippen LogP contribution in [-0.4, -0.2) is 134 Å². The van der Waals surface area contributed by atoms with Crippen LogP contribution >= 0.6 is 0 Å². The number of hydrogen-bond acceptors (Lipinski definition) is 25. The number of fused-ring (bicyclic) bond motifs is 4. The van der Waals surface area contributed by atoms with Crippen molar-refractivity contribution >= 4 is 50.1 Å². The average molecular weight is 1800 g/mol. The molecule has 24 rings (SSSR count). The van der Waals surface area contributed by atoms with Gasteiger partial charge in [0.1, 0.15) is 40.5 Å². The minimum atomic E-state index is -1.64. The summed E-state index contributed by atoms with van der Waals surface area (Å²) in [6.07, 6.45) is 22.0. The highest BCUT2D eigenvalue weighted by Crippen LogP contribution is 2.56. The maximum absolute atomic E-state index is 12.7.